The maximum absolute atomic E-state index is 6.25. The van der Waals surface area contributed by atoms with Gasteiger partial charge in [-0.2, -0.15) is 0 Å². The molecule has 0 spiro atoms. The van der Waals surface area contributed by atoms with Crippen molar-refractivity contribution in [2.75, 3.05) is 0 Å². The fourth-order valence-electron chi connectivity index (χ4n) is 1.83. The maximum Gasteiger partial charge on any atom is 0.0347 e. The molecule has 17 heavy (non-hydrogen) atoms. The lowest BCUT2D eigenvalue weighted by molar-refractivity contribution is 0.717. The SMILES string of the molecule is Cc1ccc(Br)c(C(N)Cc2ccncc2)c1. The molecular weight excluding hydrogens is 276 g/mol. The number of pyridine rings is 1. The number of hydrogen-bond acceptors (Lipinski definition) is 2. The van der Waals surface area contributed by atoms with Gasteiger partial charge in [-0.3, -0.25) is 4.98 Å². The molecule has 2 rings (SSSR count). The third-order valence-electron chi connectivity index (χ3n) is 2.76. The summed E-state index contributed by atoms with van der Waals surface area (Å²) in [5.74, 6) is 0. The smallest absolute Gasteiger partial charge is 0.0347 e. The zero-order chi connectivity index (χ0) is 12.3. The maximum atomic E-state index is 6.25. The van der Waals surface area contributed by atoms with E-state index >= 15 is 0 Å². The Hall–Kier alpha value is -1.19. The predicted octanol–water partition coefficient (Wildman–Crippen LogP) is 3.40. The molecule has 88 valence electrons. The van der Waals surface area contributed by atoms with E-state index in [1.807, 2.05) is 12.1 Å². The number of aryl methyl sites for hydroxylation is 1. The Balaban J connectivity index is 2.20. The second-order valence-electron chi connectivity index (χ2n) is 4.19. The Morgan fingerprint density at radius 2 is 1.94 bits per heavy atom. The van der Waals surface area contributed by atoms with Gasteiger partial charge in [0.05, 0.1) is 0 Å². The molecule has 0 fully saturated rings. The van der Waals surface area contributed by atoms with Crippen molar-refractivity contribution in [1.29, 1.82) is 0 Å². The number of hydrogen-bond donors (Lipinski definition) is 1. The minimum absolute atomic E-state index is 0.00618. The summed E-state index contributed by atoms with van der Waals surface area (Å²) in [5, 5.41) is 0. The summed E-state index contributed by atoms with van der Waals surface area (Å²) >= 11 is 3.55. The highest BCUT2D eigenvalue weighted by Crippen LogP contribution is 2.25. The minimum Gasteiger partial charge on any atom is -0.324 e. The van der Waals surface area contributed by atoms with Gasteiger partial charge in [0.1, 0.15) is 0 Å². The average Bonchev–Trinajstić information content (AvgIpc) is 2.33. The van der Waals surface area contributed by atoms with Gasteiger partial charge in [0.15, 0.2) is 0 Å². The average molecular weight is 291 g/mol. The van der Waals surface area contributed by atoms with Gasteiger partial charge in [0.25, 0.3) is 0 Å². The molecule has 0 radical (unpaired) electrons. The van der Waals surface area contributed by atoms with Crippen LogP contribution in [0, 0.1) is 6.92 Å². The molecule has 0 amide bonds. The van der Waals surface area contributed by atoms with Gasteiger partial charge in [-0.05, 0) is 42.7 Å². The number of benzene rings is 1. The highest BCUT2D eigenvalue weighted by Gasteiger charge is 2.10. The summed E-state index contributed by atoms with van der Waals surface area (Å²) in [5.41, 5.74) is 9.84. The van der Waals surface area contributed by atoms with Crippen molar-refractivity contribution in [3.63, 3.8) is 0 Å². The molecule has 0 aliphatic carbocycles. The first-order valence-corrected chi connectivity index (χ1v) is 6.36. The first kappa shape index (κ1) is 12.3. The first-order valence-electron chi connectivity index (χ1n) is 5.57. The van der Waals surface area contributed by atoms with Crippen LogP contribution < -0.4 is 5.73 Å². The lowest BCUT2D eigenvalue weighted by Gasteiger charge is -2.14. The summed E-state index contributed by atoms with van der Waals surface area (Å²) in [6, 6.07) is 10.3. The van der Waals surface area contributed by atoms with E-state index in [0.717, 1.165) is 16.5 Å². The van der Waals surface area contributed by atoms with Crippen molar-refractivity contribution in [3.8, 4) is 0 Å². The summed E-state index contributed by atoms with van der Waals surface area (Å²) in [4.78, 5) is 4.01. The number of nitrogens with two attached hydrogens (primary N) is 1. The number of rotatable bonds is 3. The van der Waals surface area contributed by atoms with Crippen LogP contribution in [0.3, 0.4) is 0 Å². The van der Waals surface area contributed by atoms with Gasteiger partial charge in [-0.1, -0.05) is 33.6 Å². The largest absolute Gasteiger partial charge is 0.324 e. The van der Waals surface area contributed by atoms with E-state index in [9.17, 15) is 0 Å². The third kappa shape index (κ3) is 3.14. The summed E-state index contributed by atoms with van der Waals surface area (Å²) in [7, 11) is 0. The highest BCUT2D eigenvalue weighted by molar-refractivity contribution is 9.10. The number of halogens is 1. The van der Waals surface area contributed by atoms with Crippen molar-refractivity contribution >= 4 is 15.9 Å². The Kier molecular flexibility index (Phi) is 3.92. The fourth-order valence-corrected chi connectivity index (χ4v) is 2.37. The van der Waals surface area contributed by atoms with Crippen LogP contribution in [0.5, 0.6) is 0 Å². The van der Waals surface area contributed by atoms with E-state index in [0.29, 0.717) is 0 Å². The molecule has 0 aliphatic heterocycles. The number of aromatic nitrogens is 1. The zero-order valence-corrected chi connectivity index (χ0v) is 11.3. The third-order valence-corrected chi connectivity index (χ3v) is 3.48. The molecule has 2 aromatic rings. The molecular formula is C14H15BrN2. The molecule has 0 saturated carbocycles. The second-order valence-corrected chi connectivity index (χ2v) is 5.05. The lowest BCUT2D eigenvalue weighted by atomic mass is 9.99. The molecule has 2 N–H and O–H groups in total. The van der Waals surface area contributed by atoms with Crippen LogP contribution in [0.25, 0.3) is 0 Å². The van der Waals surface area contributed by atoms with E-state index in [2.05, 4.69) is 46.0 Å². The summed E-state index contributed by atoms with van der Waals surface area (Å²) in [6.45, 7) is 2.08. The lowest BCUT2D eigenvalue weighted by Crippen LogP contribution is -2.14. The van der Waals surface area contributed by atoms with Gasteiger partial charge >= 0.3 is 0 Å². The van der Waals surface area contributed by atoms with E-state index in [4.69, 9.17) is 5.73 Å². The molecule has 2 nitrogen and oxygen atoms in total. The van der Waals surface area contributed by atoms with Crippen LogP contribution in [0.1, 0.15) is 22.7 Å². The topological polar surface area (TPSA) is 38.9 Å². The first-order chi connectivity index (χ1) is 8.16. The quantitative estimate of drug-likeness (QED) is 0.941. The van der Waals surface area contributed by atoms with E-state index in [1.54, 1.807) is 12.4 Å². The molecule has 0 saturated heterocycles. The molecule has 1 atom stereocenters. The van der Waals surface area contributed by atoms with Crippen molar-refractivity contribution in [2.24, 2.45) is 5.73 Å². The monoisotopic (exact) mass is 290 g/mol. The molecule has 0 aliphatic rings. The Labute approximate surface area is 110 Å². The Bertz CT molecular complexity index is 497. The Morgan fingerprint density at radius 3 is 2.65 bits per heavy atom. The van der Waals surface area contributed by atoms with E-state index in [1.165, 1.54) is 11.1 Å². The van der Waals surface area contributed by atoms with Gasteiger partial charge in [0, 0.05) is 22.9 Å². The van der Waals surface area contributed by atoms with Crippen LogP contribution in [0.2, 0.25) is 0 Å². The molecule has 1 aromatic heterocycles. The summed E-state index contributed by atoms with van der Waals surface area (Å²) in [6.07, 6.45) is 4.42. The van der Waals surface area contributed by atoms with Crippen LogP contribution in [-0.2, 0) is 6.42 Å². The van der Waals surface area contributed by atoms with Crippen molar-refractivity contribution in [2.45, 2.75) is 19.4 Å². The van der Waals surface area contributed by atoms with Crippen LogP contribution in [0.4, 0.5) is 0 Å². The van der Waals surface area contributed by atoms with E-state index < -0.39 is 0 Å². The normalized spacial score (nSPS) is 12.4. The van der Waals surface area contributed by atoms with E-state index in [-0.39, 0.29) is 6.04 Å². The molecule has 1 unspecified atom stereocenters. The predicted molar refractivity (Wildman–Crippen MR) is 73.7 cm³/mol. The van der Waals surface area contributed by atoms with Crippen LogP contribution in [-0.4, -0.2) is 4.98 Å². The standard InChI is InChI=1S/C14H15BrN2/c1-10-2-3-13(15)12(8-10)14(16)9-11-4-6-17-7-5-11/h2-8,14H,9,16H2,1H3. The van der Waals surface area contributed by atoms with Crippen LogP contribution in [0.15, 0.2) is 47.2 Å². The molecule has 1 heterocycles. The summed E-state index contributed by atoms with van der Waals surface area (Å²) < 4.78 is 1.07. The minimum atomic E-state index is 0.00618. The van der Waals surface area contributed by atoms with Gasteiger partial charge in [-0.15, -0.1) is 0 Å². The van der Waals surface area contributed by atoms with Gasteiger partial charge < -0.3 is 5.73 Å². The van der Waals surface area contributed by atoms with Gasteiger partial charge in [-0.25, -0.2) is 0 Å². The second kappa shape index (κ2) is 5.43. The molecule has 1 aromatic carbocycles. The Morgan fingerprint density at radius 1 is 1.24 bits per heavy atom. The fraction of sp³-hybridized carbons (Fsp3) is 0.214. The van der Waals surface area contributed by atoms with Crippen LogP contribution >= 0.6 is 15.9 Å². The van der Waals surface area contributed by atoms with Crippen molar-refractivity contribution in [3.05, 3.63) is 63.9 Å². The molecule has 3 heteroatoms. The number of nitrogens with zero attached hydrogens (tertiary/aromatic N) is 1. The highest BCUT2D eigenvalue weighted by atomic mass is 79.9. The van der Waals surface area contributed by atoms with Crippen molar-refractivity contribution < 1.29 is 0 Å². The zero-order valence-electron chi connectivity index (χ0n) is 9.73. The van der Waals surface area contributed by atoms with Crippen molar-refractivity contribution in [1.82, 2.24) is 4.98 Å². The molecule has 0 bridgehead atoms. The van der Waals surface area contributed by atoms with Gasteiger partial charge in [0.2, 0.25) is 0 Å².